The molecule has 2 aromatic heterocycles. The fourth-order valence-electron chi connectivity index (χ4n) is 4.19. The van der Waals surface area contributed by atoms with E-state index in [0.717, 1.165) is 0 Å². The van der Waals surface area contributed by atoms with Crippen LogP contribution >= 0.6 is 0 Å². The fourth-order valence-corrected chi connectivity index (χ4v) is 4.19. The second-order valence-corrected chi connectivity index (χ2v) is 11.9. The third-order valence-electron chi connectivity index (χ3n) is 6.03. The number of benzene rings is 2. The minimum atomic E-state index is -0.365. The summed E-state index contributed by atoms with van der Waals surface area (Å²) < 4.78 is 11.4. The Balaban J connectivity index is -0.000000745. The Bertz CT molecular complexity index is 1520. The molecule has 0 bridgehead atoms. The van der Waals surface area contributed by atoms with E-state index in [1.807, 2.05) is 42.3 Å². The molecule has 4 aromatic rings. The first-order valence-corrected chi connectivity index (χ1v) is 13.2. The van der Waals surface area contributed by atoms with Gasteiger partial charge in [-0.15, -0.1) is 0 Å². The Morgan fingerprint density at radius 2 is 0.830 bits per heavy atom. The smallest absolute Gasteiger partial charge is 0.323 e. The average Bonchev–Trinajstić information content (AvgIpc) is 3.46. The van der Waals surface area contributed by atoms with Crippen molar-refractivity contribution in [2.75, 3.05) is 56.5 Å². The van der Waals surface area contributed by atoms with Gasteiger partial charge in [0.05, 0.1) is 56.5 Å². The van der Waals surface area contributed by atoms with Crippen molar-refractivity contribution in [1.29, 1.82) is 0 Å². The number of hydrogen-bond donors (Lipinski definition) is 4. The number of aromatic nitrogens is 4. The van der Waals surface area contributed by atoms with Gasteiger partial charge in [-0.25, -0.2) is 9.59 Å². The summed E-state index contributed by atoms with van der Waals surface area (Å²) in [7, 11) is 15.1. The van der Waals surface area contributed by atoms with Crippen molar-refractivity contribution < 1.29 is 78.4 Å². The molecule has 4 rings (SSSR count). The summed E-state index contributed by atoms with van der Waals surface area (Å²) in [6.07, 6.45) is 0. The van der Waals surface area contributed by atoms with Crippen LogP contribution in [0.1, 0.15) is 43.5 Å². The van der Waals surface area contributed by atoms with Crippen LogP contribution in [-0.2, 0) is 13.1 Å². The number of quaternary nitrogens is 2. The first-order valence-electron chi connectivity index (χ1n) is 13.2. The lowest BCUT2D eigenvalue weighted by Crippen LogP contribution is -3.00. The number of carbonyl (C=O) groups is 2. The van der Waals surface area contributed by atoms with Crippen molar-refractivity contribution in [3.05, 3.63) is 103 Å². The molecule has 0 aliphatic rings. The summed E-state index contributed by atoms with van der Waals surface area (Å²) in [5.41, 5.74) is 2.16. The van der Waals surface area contributed by atoms with Crippen molar-refractivity contribution in [3.8, 4) is 11.5 Å². The van der Waals surface area contributed by atoms with E-state index in [4.69, 9.17) is 9.47 Å². The predicted molar refractivity (Wildman–Crippen MR) is 170 cm³/mol. The summed E-state index contributed by atoms with van der Waals surface area (Å²) in [5, 5.41) is 0. The van der Waals surface area contributed by atoms with Crippen LogP contribution in [0.15, 0.2) is 58.1 Å². The Hall–Kier alpha value is -3.84. The van der Waals surface area contributed by atoms with Gasteiger partial charge in [-0.3, -0.25) is 9.59 Å². The van der Waals surface area contributed by atoms with Crippen LogP contribution in [-0.4, -0.2) is 113 Å². The molecule has 2 aromatic carbocycles. The van der Waals surface area contributed by atoms with Gasteiger partial charge in [0, 0.05) is 11.1 Å². The summed E-state index contributed by atoms with van der Waals surface area (Å²) in [6.45, 7) is 1.10. The monoisotopic (exact) mass is 792 g/mol. The highest BCUT2D eigenvalue weighted by Crippen LogP contribution is 2.18. The molecule has 0 saturated heterocycles. The number of rotatable bonds is 10. The number of hydrogen-bond acceptors (Lipinski definition) is 6. The lowest BCUT2D eigenvalue weighted by atomic mass is 10.1. The second-order valence-electron chi connectivity index (χ2n) is 11.9. The number of halogens is 2. The van der Waals surface area contributed by atoms with Crippen LogP contribution in [0.3, 0.4) is 0 Å². The van der Waals surface area contributed by atoms with Crippen LogP contribution in [0.5, 0.6) is 11.5 Å². The van der Waals surface area contributed by atoms with Crippen LogP contribution < -0.4 is 54.8 Å². The zero-order chi connectivity index (χ0) is 31.2. The fraction of sp³-hybridized carbons (Fsp3) is 0.333. The third kappa shape index (κ3) is 13.8. The van der Waals surface area contributed by atoms with Gasteiger partial charge in [-0.2, -0.15) is 0 Å². The highest BCUT2D eigenvalue weighted by Gasteiger charge is 2.23. The summed E-state index contributed by atoms with van der Waals surface area (Å²) in [4.78, 5) is 58.7. The summed E-state index contributed by atoms with van der Waals surface area (Å²) in [5.74, 6) is 0.945. The minimum absolute atomic E-state index is 0. The van der Waals surface area contributed by atoms with E-state index in [-0.39, 0.29) is 73.3 Å². The number of nitrogens with zero attached hydrogens (tertiary/aromatic N) is 2. The van der Waals surface area contributed by atoms with Crippen molar-refractivity contribution in [3.63, 3.8) is 0 Å². The van der Waals surface area contributed by atoms with Gasteiger partial charge in [0.15, 0.2) is 0 Å². The lowest BCUT2D eigenvalue weighted by Gasteiger charge is -2.23. The van der Waals surface area contributed by atoms with Gasteiger partial charge < -0.3 is 88.8 Å². The van der Waals surface area contributed by atoms with Gasteiger partial charge >= 0.3 is 11.4 Å². The SMILES string of the molecule is COc1ccc(C(=O)c2[nH]c(=O)[nH]c2C[N+](C)(C)C)cc1.COc1ccc(C(=O)c2[nH]c(=O)[nH]c2C[N+](C)(C)C)cc1.O.O.O.[Br-].[Br-]. The van der Waals surface area contributed by atoms with Crippen LogP contribution in [0, 0.1) is 0 Å². The van der Waals surface area contributed by atoms with E-state index >= 15 is 0 Å². The van der Waals surface area contributed by atoms with E-state index in [0.29, 0.717) is 67.5 Å². The molecule has 0 saturated carbocycles. The lowest BCUT2D eigenvalue weighted by molar-refractivity contribution is -0.884. The zero-order valence-electron chi connectivity index (χ0n) is 27.6. The van der Waals surface area contributed by atoms with Gasteiger partial charge in [-0.1, -0.05) is 0 Å². The third-order valence-corrected chi connectivity index (χ3v) is 6.03. The molecule has 0 fully saturated rings. The van der Waals surface area contributed by atoms with Gasteiger partial charge in [0.1, 0.15) is 47.4 Å². The molecule has 0 atom stereocenters. The largest absolute Gasteiger partial charge is 1.00 e. The Morgan fingerprint density at radius 3 is 1.06 bits per heavy atom. The second kappa shape index (κ2) is 19.7. The molecular formula is C30H46Br2N6O9. The van der Waals surface area contributed by atoms with E-state index in [2.05, 4.69) is 19.9 Å². The number of methoxy groups -OCH3 is 2. The van der Waals surface area contributed by atoms with Crippen molar-refractivity contribution in [2.24, 2.45) is 0 Å². The number of carbonyl (C=O) groups excluding carboxylic acids is 2. The number of ether oxygens (including phenoxy) is 2. The quantitative estimate of drug-likeness (QED) is 0.0899. The molecule has 0 spiro atoms. The van der Waals surface area contributed by atoms with Crippen molar-refractivity contribution in [1.82, 2.24) is 19.9 Å². The molecular weight excluding hydrogens is 748 g/mol. The number of nitrogens with one attached hydrogen (secondary N) is 4. The van der Waals surface area contributed by atoms with E-state index in [1.54, 1.807) is 62.8 Å². The van der Waals surface area contributed by atoms with Gasteiger partial charge in [0.25, 0.3) is 0 Å². The molecule has 0 radical (unpaired) electrons. The van der Waals surface area contributed by atoms with E-state index in [1.165, 1.54) is 0 Å². The number of aromatic amines is 4. The molecule has 10 N–H and O–H groups in total. The standard InChI is InChI=1S/2C15H19N3O3.2BrH.3H2O/c2*1-18(2,3)9-12-13(17-15(20)16-12)14(19)10-5-7-11(21-4)8-6-10;;;;;/h2*5-8H,9H2,1-4H3,(H-,16,17,19,20);2*1H;3*1H2. The van der Waals surface area contributed by atoms with Crippen molar-refractivity contribution >= 4 is 11.6 Å². The molecule has 0 aliphatic heterocycles. The molecule has 47 heavy (non-hydrogen) atoms. The molecule has 0 unspecified atom stereocenters. The normalized spacial score (nSPS) is 10.2. The summed E-state index contributed by atoms with van der Waals surface area (Å²) >= 11 is 0. The number of ketones is 2. The first kappa shape index (κ1) is 47.6. The zero-order valence-corrected chi connectivity index (χ0v) is 30.8. The molecule has 264 valence electrons. The maximum atomic E-state index is 12.5. The summed E-state index contributed by atoms with van der Waals surface area (Å²) in [6, 6.07) is 13.6. The Labute approximate surface area is 293 Å². The predicted octanol–water partition coefficient (Wildman–Crippen LogP) is -6.17. The van der Waals surface area contributed by atoms with E-state index < -0.39 is 0 Å². The Morgan fingerprint density at radius 1 is 0.553 bits per heavy atom. The Kier molecular flexibility index (Phi) is 20.0. The average molecular weight is 795 g/mol. The maximum Gasteiger partial charge on any atom is 0.323 e. The van der Waals surface area contributed by atoms with Crippen LogP contribution in [0.25, 0.3) is 0 Å². The molecule has 15 nitrogen and oxygen atoms in total. The highest BCUT2D eigenvalue weighted by molar-refractivity contribution is 6.09. The van der Waals surface area contributed by atoms with Gasteiger partial charge in [-0.05, 0) is 48.5 Å². The molecule has 17 heteroatoms. The van der Waals surface area contributed by atoms with E-state index in [9.17, 15) is 19.2 Å². The number of H-pyrrole nitrogens is 4. The topological polar surface area (TPSA) is 244 Å². The van der Waals surface area contributed by atoms with Crippen LogP contribution in [0.2, 0.25) is 0 Å². The molecule has 2 heterocycles. The minimum Gasteiger partial charge on any atom is -1.00 e. The maximum absolute atomic E-state index is 12.5. The molecule has 0 aliphatic carbocycles. The highest BCUT2D eigenvalue weighted by atomic mass is 79.9. The van der Waals surface area contributed by atoms with Crippen molar-refractivity contribution in [2.45, 2.75) is 13.1 Å². The molecule has 0 amide bonds. The number of imidazole rings is 2. The van der Waals surface area contributed by atoms with Gasteiger partial charge in [0.2, 0.25) is 11.6 Å². The van der Waals surface area contributed by atoms with Crippen LogP contribution in [0.4, 0.5) is 0 Å². The first-order chi connectivity index (χ1) is 19.6.